The Morgan fingerprint density at radius 3 is 2.53 bits per heavy atom. The van der Waals surface area contributed by atoms with Gasteiger partial charge in [0, 0.05) is 16.6 Å². The summed E-state index contributed by atoms with van der Waals surface area (Å²) >= 11 is 3.27. The smallest absolute Gasteiger partial charge is 0.262 e. The second-order valence-electron chi connectivity index (χ2n) is 7.06. The minimum absolute atomic E-state index is 0.0445. The van der Waals surface area contributed by atoms with Crippen LogP contribution in [0.5, 0.6) is 0 Å². The van der Waals surface area contributed by atoms with Crippen molar-refractivity contribution in [2.75, 3.05) is 0 Å². The van der Waals surface area contributed by atoms with E-state index in [1.54, 1.807) is 24.3 Å². The molecule has 0 saturated heterocycles. The molecule has 0 spiro atoms. The van der Waals surface area contributed by atoms with Crippen LogP contribution < -0.4 is 10.0 Å². The normalized spacial score (nSPS) is 15.5. The first-order valence-corrected chi connectivity index (χ1v) is 11.9. The third-order valence-corrected chi connectivity index (χ3v) is 6.78. The summed E-state index contributed by atoms with van der Waals surface area (Å²) in [6.07, 6.45) is 6.54. The van der Waals surface area contributed by atoms with Crippen molar-refractivity contribution in [1.82, 2.24) is 10.0 Å². The van der Waals surface area contributed by atoms with Crippen LogP contribution in [0.15, 0.2) is 55.8 Å². The van der Waals surface area contributed by atoms with Gasteiger partial charge in [-0.2, -0.15) is 5.26 Å². The fraction of sp³-hybridized carbons (Fsp3) is 0.333. The number of hydrogen-bond acceptors (Lipinski definition) is 5. The average Bonchev–Trinajstić information content (AvgIpc) is 3.19. The molecule has 1 aliphatic rings. The number of nitrogens with one attached hydrogen (secondary N) is 2. The zero-order chi connectivity index (χ0) is 21.6. The molecule has 2 aromatic rings. The molecule has 0 atom stereocenters. The molecule has 1 saturated carbocycles. The van der Waals surface area contributed by atoms with E-state index in [0.717, 1.165) is 30.2 Å². The highest BCUT2D eigenvalue weighted by molar-refractivity contribution is 9.10. The van der Waals surface area contributed by atoms with Gasteiger partial charge in [0.1, 0.15) is 23.2 Å². The van der Waals surface area contributed by atoms with E-state index in [0.29, 0.717) is 11.5 Å². The Morgan fingerprint density at radius 2 is 1.87 bits per heavy atom. The van der Waals surface area contributed by atoms with Crippen LogP contribution in [0.3, 0.4) is 0 Å². The molecule has 0 radical (unpaired) electrons. The lowest BCUT2D eigenvalue weighted by molar-refractivity contribution is -0.117. The predicted molar refractivity (Wildman–Crippen MR) is 115 cm³/mol. The van der Waals surface area contributed by atoms with E-state index < -0.39 is 15.9 Å². The minimum Gasteiger partial charge on any atom is -0.460 e. The SMILES string of the molecule is N#C/C(=C/c1ccc(CNS(=O)(=O)c2ccc(Br)cc2)o1)C(=O)NC1CCCCC1. The van der Waals surface area contributed by atoms with Crippen molar-refractivity contribution in [3.05, 3.63) is 58.0 Å². The molecule has 1 aromatic heterocycles. The van der Waals surface area contributed by atoms with Crippen molar-refractivity contribution < 1.29 is 17.6 Å². The van der Waals surface area contributed by atoms with E-state index >= 15 is 0 Å². The number of halogens is 1. The van der Waals surface area contributed by atoms with Gasteiger partial charge in [-0.25, -0.2) is 13.1 Å². The maximum absolute atomic E-state index is 12.4. The molecular formula is C21H22BrN3O4S. The number of carbonyl (C=O) groups excluding carboxylic acids is 1. The van der Waals surface area contributed by atoms with E-state index in [4.69, 9.17) is 4.42 Å². The molecule has 0 unspecified atom stereocenters. The second-order valence-corrected chi connectivity index (χ2v) is 9.74. The molecule has 9 heteroatoms. The number of nitrogens with zero attached hydrogens (tertiary/aromatic N) is 1. The number of carbonyl (C=O) groups is 1. The lowest BCUT2D eigenvalue weighted by atomic mass is 9.95. The van der Waals surface area contributed by atoms with Gasteiger partial charge in [0.05, 0.1) is 11.4 Å². The Balaban J connectivity index is 1.62. The van der Waals surface area contributed by atoms with Crippen LogP contribution >= 0.6 is 15.9 Å². The fourth-order valence-corrected chi connectivity index (χ4v) is 4.49. The van der Waals surface area contributed by atoms with Crippen LogP contribution in [0.25, 0.3) is 6.08 Å². The van der Waals surface area contributed by atoms with E-state index in [1.165, 1.54) is 24.6 Å². The molecule has 0 aliphatic heterocycles. The quantitative estimate of drug-likeness (QED) is 0.450. The third-order valence-electron chi connectivity index (χ3n) is 4.83. The first kappa shape index (κ1) is 22.3. The van der Waals surface area contributed by atoms with E-state index in [-0.39, 0.29) is 23.1 Å². The van der Waals surface area contributed by atoms with Crippen LogP contribution in [-0.4, -0.2) is 20.4 Å². The van der Waals surface area contributed by atoms with Crippen LogP contribution in [0.4, 0.5) is 0 Å². The summed E-state index contributed by atoms with van der Waals surface area (Å²) < 4.78 is 33.5. The van der Waals surface area contributed by atoms with E-state index in [9.17, 15) is 18.5 Å². The van der Waals surface area contributed by atoms with Crippen LogP contribution in [0.1, 0.15) is 43.6 Å². The van der Waals surface area contributed by atoms with E-state index in [1.807, 2.05) is 6.07 Å². The van der Waals surface area contributed by atoms with E-state index in [2.05, 4.69) is 26.0 Å². The molecule has 7 nitrogen and oxygen atoms in total. The van der Waals surface area contributed by atoms with Gasteiger partial charge in [0.25, 0.3) is 5.91 Å². The minimum atomic E-state index is -3.69. The molecule has 158 valence electrons. The molecule has 3 rings (SSSR count). The second kappa shape index (κ2) is 10.1. The fourth-order valence-electron chi connectivity index (χ4n) is 3.23. The number of amides is 1. The number of benzene rings is 1. The molecule has 1 heterocycles. The Hall–Kier alpha value is -2.41. The Labute approximate surface area is 184 Å². The summed E-state index contributed by atoms with van der Waals surface area (Å²) in [6, 6.07) is 11.5. The number of hydrogen-bond donors (Lipinski definition) is 2. The maximum Gasteiger partial charge on any atom is 0.262 e. The highest BCUT2D eigenvalue weighted by atomic mass is 79.9. The number of furan rings is 1. The van der Waals surface area contributed by atoms with Crippen molar-refractivity contribution in [3.8, 4) is 6.07 Å². The monoisotopic (exact) mass is 491 g/mol. The molecule has 1 amide bonds. The molecule has 30 heavy (non-hydrogen) atoms. The highest BCUT2D eigenvalue weighted by Gasteiger charge is 2.19. The predicted octanol–water partition coefficient (Wildman–Crippen LogP) is 3.88. The standard InChI is InChI=1S/C21H22BrN3O4S/c22-16-6-10-20(11-7-16)30(27,28)24-14-19-9-8-18(29-19)12-15(13-23)21(26)25-17-4-2-1-3-5-17/h6-12,17,24H,1-5,14H2,(H,25,26)/b15-12-. The van der Waals surface area contributed by atoms with Gasteiger partial charge >= 0.3 is 0 Å². The van der Waals surface area contributed by atoms with Crippen LogP contribution in [-0.2, 0) is 21.4 Å². The Morgan fingerprint density at radius 1 is 1.17 bits per heavy atom. The summed E-state index contributed by atoms with van der Waals surface area (Å²) in [5.74, 6) is 0.258. The summed E-state index contributed by atoms with van der Waals surface area (Å²) in [5, 5.41) is 12.2. The summed E-state index contributed by atoms with van der Waals surface area (Å²) in [7, 11) is -3.69. The van der Waals surface area contributed by atoms with Crippen molar-refractivity contribution in [3.63, 3.8) is 0 Å². The molecule has 1 aliphatic carbocycles. The lowest BCUT2D eigenvalue weighted by Crippen LogP contribution is -2.36. The zero-order valence-electron chi connectivity index (χ0n) is 16.2. The number of sulfonamides is 1. The largest absolute Gasteiger partial charge is 0.460 e. The van der Waals surface area contributed by atoms with Gasteiger partial charge in [0.15, 0.2) is 0 Å². The molecule has 0 bridgehead atoms. The van der Waals surface area contributed by atoms with Crippen molar-refractivity contribution in [2.45, 2.75) is 49.6 Å². The zero-order valence-corrected chi connectivity index (χ0v) is 18.6. The van der Waals surface area contributed by atoms with Gasteiger partial charge in [-0.3, -0.25) is 4.79 Å². The third kappa shape index (κ3) is 6.05. The molecular weight excluding hydrogens is 470 g/mol. The molecule has 1 aromatic carbocycles. The summed E-state index contributed by atoms with van der Waals surface area (Å²) in [6.45, 7) is -0.0532. The number of nitriles is 1. The topological polar surface area (TPSA) is 112 Å². The summed E-state index contributed by atoms with van der Waals surface area (Å²) in [5.41, 5.74) is -0.0445. The molecule has 2 N–H and O–H groups in total. The van der Waals surface area contributed by atoms with Crippen LogP contribution in [0, 0.1) is 11.3 Å². The van der Waals surface area contributed by atoms with Crippen molar-refractivity contribution in [2.24, 2.45) is 0 Å². The maximum atomic E-state index is 12.4. The first-order chi connectivity index (χ1) is 14.4. The lowest BCUT2D eigenvalue weighted by Gasteiger charge is -2.22. The highest BCUT2D eigenvalue weighted by Crippen LogP contribution is 2.19. The average molecular weight is 492 g/mol. The Bertz CT molecular complexity index is 1060. The summed E-state index contributed by atoms with van der Waals surface area (Å²) in [4.78, 5) is 12.5. The van der Waals surface area contributed by atoms with Crippen LogP contribution in [0.2, 0.25) is 0 Å². The van der Waals surface area contributed by atoms with Gasteiger partial charge < -0.3 is 9.73 Å². The van der Waals surface area contributed by atoms with Crippen molar-refractivity contribution in [1.29, 1.82) is 5.26 Å². The first-order valence-electron chi connectivity index (χ1n) is 9.64. The van der Waals surface area contributed by atoms with Gasteiger partial charge in [0.2, 0.25) is 10.0 Å². The molecule has 1 fully saturated rings. The number of rotatable bonds is 7. The van der Waals surface area contributed by atoms with Crippen molar-refractivity contribution >= 4 is 37.9 Å². The van der Waals surface area contributed by atoms with Gasteiger partial charge in [-0.15, -0.1) is 0 Å². The van der Waals surface area contributed by atoms with Gasteiger partial charge in [-0.05, 0) is 49.2 Å². The van der Waals surface area contributed by atoms with Gasteiger partial charge in [-0.1, -0.05) is 35.2 Å². The Kier molecular flexibility index (Phi) is 7.48.